The van der Waals surface area contributed by atoms with Crippen molar-refractivity contribution in [2.45, 2.75) is 53.4 Å². The number of nitrogens with one attached hydrogen (secondary N) is 1. The van der Waals surface area contributed by atoms with Gasteiger partial charge in [0.2, 0.25) is 0 Å². The fourth-order valence-corrected chi connectivity index (χ4v) is 3.35. The normalized spacial score (nSPS) is 12.1. The van der Waals surface area contributed by atoms with Crippen molar-refractivity contribution in [1.82, 2.24) is 4.98 Å². The molecule has 1 saturated carbocycles. The average Bonchev–Trinajstić information content (AvgIpc) is 3.64. The number of amides is 1. The van der Waals surface area contributed by atoms with Crippen molar-refractivity contribution in [2.75, 3.05) is 30.5 Å². The summed E-state index contributed by atoms with van der Waals surface area (Å²) in [4.78, 5) is 23.3. The molecule has 2 aromatic rings. The molecule has 1 aromatic heterocycles. The molecule has 6 heteroatoms. The fourth-order valence-electron chi connectivity index (χ4n) is 3.35. The lowest BCUT2D eigenvalue weighted by molar-refractivity contribution is -0.112. The second kappa shape index (κ2) is 12.0. The van der Waals surface area contributed by atoms with Gasteiger partial charge in [-0.05, 0) is 87.1 Å². The minimum atomic E-state index is -0.315. The van der Waals surface area contributed by atoms with Crippen LogP contribution in [0.5, 0.6) is 0 Å². The Hall–Kier alpha value is -3.17. The van der Waals surface area contributed by atoms with Gasteiger partial charge in [0.1, 0.15) is 5.82 Å². The molecule has 0 atom stereocenters. The Morgan fingerprint density at radius 1 is 1.28 bits per heavy atom. The van der Waals surface area contributed by atoms with Crippen molar-refractivity contribution in [3.8, 4) is 11.8 Å². The van der Waals surface area contributed by atoms with Gasteiger partial charge < -0.3 is 10.1 Å². The molecule has 0 unspecified atom stereocenters. The van der Waals surface area contributed by atoms with E-state index in [-0.39, 0.29) is 5.91 Å². The minimum Gasteiger partial charge on any atom is -0.383 e. The summed E-state index contributed by atoms with van der Waals surface area (Å²) in [5.41, 5.74) is 5.09. The molecule has 1 N–H and O–H groups in total. The van der Waals surface area contributed by atoms with Crippen molar-refractivity contribution in [3.05, 3.63) is 41.0 Å². The molecule has 1 aliphatic carbocycles. The zero-order valence-electron chi connectivity index (χ0n) is 20.1. The zero-order chi connectivity index (χ0) is 23.7. The zero-order valence-corrected chi connectivity index (χ0v) is 20.1. The van der Waals surface area contributed by atoms with Crippen LogP contribution in [0, 0.1) is 25.7 Å². The molecule has 0 spiro atoms. The maximum absolute atomic E-state index is 13.1. The molecule has 32 heavy (non-hydrogen) atoms. The fraction of sp³-hybridized carbons (Fsp3) is 0.423. The predicted octanol–water partition coefficient (Wildman–Crippen LogP) is 5.68. The number of hydrogen-bond acceptors (Lipinski definition) is 5. The topological polar surface area (TPSA) is 66.8 Å². The number of carbonyl (C=O) groups excluding carboxylic acids is 1. The van der Waals surface area contributed by atoms with E-state index in [1.54, 1.807) is 18.9 Å². The monoisotopic (exact) mass is 434 g/mol. The van der Waals surface area contributed by atoms with Crippen LogP contribution in [0.3, 0.4) is 0 Å². The molecule has 1 amide bonds. The number of anilines is 3. The number of rotatable bonds is 8. The molecule has 0 aliphatic heterocycles. The minimum absolute atomic E-state index is 0.315. The van der Waals surface area contributed by atoms with Crippen LogP contribution < -0.4 is 10.2 Å². The highest BCUT2D eigenvalue weighted by atomic mass is 16.5. The van der Waals surface area contributed by atoms with E-state index in [0.29, 0.717) is 30.7 Å². The number of aryl methyl sites for hydroxylation is 2. The summed E-state index contributed by atoms with van der Waals surface area (Å²) in [6, 6.07) is 7.92. The highest BCUT2D eigenvalue weighted by molar-refractivity contribution is 6.11. The summed E-state index contributed by atoms with van der Waals surface area (Å²) in [5.74, 6) is 6.46. The van der Waals surface area contributed by atoms with E-state index in [0.717, 1.165) is 29.8 Å². The van der Waals surface area contributed by atoms with Gasteiger partial charge in [0, 0.05) is 13.7 Å². The number of methoxy groups -OCH3 is 1. The Morgan fingerprint density at radius 2 is 1.97 bits per heavy atom. The number of aromatic nitrogens is 1. The van der Waals surface area contributed by atoms with Crippen molar-refractivity contribution in [3.63, 3.8) is 0 Å². The number of hydrogen-bond donors (Lipinski definition) is 1. The summed E-state index contributed by atoms with van der Waals surface area (Å²) >= 11 is 0. The van der Waals surface area contributed by atoms with Gasteiger partial charge >= 0.3 is 5.91 Å². The standard InChI is InChI=1S/C24H28N4O2.C2H6/c1-6-7-23(29)28(21-15-17(3)16(2)14-19(21)18-8-9-18)22-11-10-20(24(25-4)27-22)26-12-13-30-5;1-2/h10-11,14-15,18,26H,4,8-9,12-13H2,1-3,5H3;1-2H3. The van der Waals surface area contributed by atoms with Crippen molar-refractivity contribution in [2.24, 2.45) is 4.99 Å². The van der Waals surface area contributed by atoms with Gasteiger partial charge in [0.05, 0.1) is 18.0 Å². The largest absolute Gasteiger partial charge is 0.383 e. The molecule has 0 bridgehead atoms. The second-order valence-electron chi connectivity index (χ2n) is 7.40. The molecular formula is C26H34N4O2. The Bertz CT molecular complexity index is 1020. The first kappa shape index (κ1) is 25.1. The van der Waals surface area contributed by atoms with Crippen LogP contribution in [0.1, 0.15) is 56.2 Å². The summed E-state index contributed by atoms with van der Waals surface area (Å²) < 4.78 is 5.08. The summed E-state index contributed by atoms with van der Waals surface area (Å²) in [5, 5.41) is 3.23. The molecule has 3 rings (SSSR count). The van der Waals surface area contributed by atoms with E-state index in [2.05, 4.69) is 59.8 Å². The van der Waals surface area contributed by atoms with Gasteiger partial charge in [-0.15, -0.1) is 0 Å². The van der Waals surface area contributed by atoms with E-state index in [1.165, 1.54) is 11.1 Å². The van der Waals surface area contributed by atoms with E-state index < -0.39 is 0 Å². The molecule has 1 aliphatic rings. The van der Waals surface area contributed by atoms with Gasteiger partial charge in [0.25, 0.3) is 0 Å². The molecule has 1 fully saturated rings. The third-order valence-corrected chi connectivity index (χ3v) is 5.20. The van der Waals surface area contributed by atoms with Crippen LogP contribution in [0.15, 0.2) is 29.3 Å². The molecule has 170 valence electrons. The number of ether oxygens (including phenoxy) is 1. The van der Waals surface area contributed by atoms with Gasteiger partial charge in [-0.25, -0.2) is 9.98 Å². The van der Waals surface area contributed by atoms with Crippen LogP contribution in [0.25, 0.3) is 0 Å². The Morgan fingerprint density at radius 3 is 2.56 bits per heavy atom. The van der Waals surface area contributed by atoms with Crippen molar-refractivity contribution in [1.29, 1.82) is 0 Å². The lowest BCUT2D eigenvalue weighted by Gasteiger charge is -2.24. The lowest BCUT2D eigenvalue weighted by Crippen LogP contribution is -2.26. The maximum atomic E-state index is 13.1. The van der Waals surface area contributed by atoms with Crippen LogP contribution in [0.2, 0.25) is 0 Å². The van der Waals surface area contributed by atoms with Gasteiger partial charge in [-0.3, -0.25) is 9.69 Å². The number of aliphatic imine (C=N–C) groups is 1. The first-order valence-electron chi connectivity index (χ1n) is 11.1. The molecule has 1 aromatic carbocycles. The molecule has 6 nitrogen and oxygen atoms in total. The van der Waals surface area contributed by atoms with Gasteiger partial charge in [-0.1, -0.05) is 25.8 Å². The summed E-state index contributed by atoms with van der Waals surface area (Å²) in [6.45, 7) is 14.6. The van der Waals surface area contributed by atoms with E-state index in [1.807, 2.05) is 26.0 Å². The number of nitrogens with zero attached hydrogens (tertiary/aromatic N) is 3. The quantitative estimate of drug-likeness (QED) is 0.330. The first-order valence-corrected chi connectivity index (χ1v) is 11.1. The lowest BCUT2D eigenvalue weighted by atomic mass is 9.99. The van der Waals surface area contributed by atoms with Crippen molar-refractivity contribution >= 4 is 35.6 Å². The molecule has 0 radical (unpaired) electrons. The third kappa shape index (κ3) is 5.95. The van der Waals surface area contributed by atoms with Crippen molar-refractivity contribution < 1.29 is 9.53 Å². The Kier molecular flexibility index (Phi) is 9.42. The molecule has 0 saturated heterocycles. The van der Waals surface area contributed by atoms with Gasteiger partial charge in [0.15, 0.2) is 5.82 Å². The number of pyridine rings is 1. The SMILES string of the molecule is C=Nc1nc(N(C(=O)C#CC)c2cc(C)c(C)cc2C2CC2)ccc1NCCOC.CC. The van der Waals surface area contributed by atoms with Crippen LogP contribution in [-0.2, 0) is 9.53 Å². The van der Waals surface area contributed by atoms with Crippen LogP contribution in [-0.4, -0.2) is 37.9 Å². The van der Waals surface area contributed by atoms with E-state index >= 15 is 0 Å². The Balaban J connectivity index is 0.00000176. The predicted molar refractivity (Wildman–Crippen MR) is 134 cm³/mol. The maximum Gasteiger partial charge on any atom is 0.308 e. The van der Waals surface area contributed by atoms with E-state index in [9.17, 15) is 4.79 Å². The van der Waals surface area contributed by atoms with Crippen LogP contribution in [0.4, 0.5) is 23.0 Å². The molecule has 1 heterocycles. The van der Waals surface area contributed by atoms with Gasteiger partial charge in [-0.2, -0.15) is 0 Å². The van der Waals surface area contributed by atoms with E-state index in [4.69, 9.17) is 4.74 Å². The number of carbonyl (C=O) groups is 1. The summed E-state index contributed by atoms with van der Waals surface area (Å²) in [6.07, 6.45) is 2.26. The average molecular weight is 435 g/mol. The Labute approximate surface area is 192 Å². The molecular weight excluding hydrogens is 400 g/mol. The first-order chi connectivity index (χ1) is 15.5. The summed E-state index contributed by atoms with van der Waals surface area (Å²) in [7, 11) is 1.65. The smallest absolute Gasteiger partial charge is 0.308 e. The number of benzene rings is 1. The second-order valence-corrected chi connectivity index (χ2v) is 7.40. The third-order valence-electron chi connectivity index (χ3n) is 5.20. The highest BCUT2D eigenvalue weighted by Gasteiger charge is 2.31. The highest BCUT2D eigenvalue weighted by Crippen LogP contribution is 2.46. The van der Waals surface area contributed by atoms with Crippen LogP contribution >= 0.6 is 0 Å².